The maximum Gasteiger partial charge on any atom is 0.313 e. The fourth-order valence-electron chi connectivity index (χ4n) is 4.69. The van der Waals surface area contributed by atoms with Gasteiger partial charge in [0.2, 0.25) is 0 Å². The first kappa shape index (κ1) is 23.3. The molecule has 2 aliphatic rings. The number of fused-ring (bicyclic) bond motifs is 1. The highest BCUT2D eigenvalue weighted by Crippen LogP contribution is 2.31. The summed E-state index contributed by atoms with van der Waals surface area (Å²) in [4.78, 5) is 29.9. The minimum Gasteiger partial charge on any atom is -0.379 e. The Hall–Kier alpha value is -2.90. The van der Waals surface area contributed by atoms with Crippen LogP contribution in [0.15, 0.2) is 36.4 Å². The van der Waals surface area contributed by atoms with Gasteiger partial charge in [-0.25, -0.2) is 0 Å². The molecule has 0 spiro atoms. The predicted molar refractivity (Wildman–Crippen MR) is 131 cm³/mol. The topological polar surface area (TPSA) is 73.9 Å². The molecule has 1 atom stereocenters. The maximum absolute atomic E-state index is 12.7. The number of anilines is 2. The molecule has 2 aliphatic heterocycles. The average Bonchev–Trinajstić information content (AvgIpc) is 2.83. The van der Waals surface area contributed by atoms with E-state index in [1.807, 2.05) is 32.0 Å². The lowest BCUT2D eigenvalue weighted by Gasteiger charge is -2.36. The molecular weight excluding hydrogens is 416 g/mol. The third kappa shape index (κ3) is 5.37. The third-order valence-electron chi connectivity index (χ3n) is 6.84. The van der Waals surface area contributed by atoms with E-state index in [2.05, 4.69) is 45.7 Å². The lowest BCUT2D eigenvalue weighted by molar-refractivity contribution is -0.136. The van der Waals surface area contributed by atoms with Crippen molar-refractivity contribution in [1.29, 1.82) is 0 Å². The standard InChI is InChI=1S/C26H34N4O3/c1-18-6-4-8-22(19(18)2)28-26(32)25(31)27-17-24(30-12-14-33-15-13-30)21-9-10-23-20(16-21)7-5-11-29(23)3/h4,6,8-10,16,24H,5,7,11-15,17H2,1-3H3,(H,27,31)(H,28,32)/t24-/m1/s1. The molecule has 2 N–H and O–H groups in total. The first-order valence-corrected chi connectivity index (χ1v) is 11.7. The van der Waals surface area contributed by atoms with Crippen molar-refractivity contribution < 1.29 is 14.3 Å². The summed E-state index contributed by atoms with van der Waals surface area (Å²) < 4.78 is 5.54. The SMILES string of the molecule is Cc1cccc(NC(=O)C(=O)NC[C@H](c2ccc3c(c2)CCCN3C)N2CCOCC2)c1C. The Morgan fingerprint density at radius 2 is 1.85 bits per heavy atom. The van der Waals surface area contributed by atoms with Gasteiger partial charge in [0.25, 0.3) is 0 Å². The number of benzene rings is 2. The van der Waals surface area contributed by atoms with Crippen LogP contribution in [-0.4, -0.2) is 63.2 Å². The van der Waals surface area contributed by atoms with Crippen molar-refractivity contribution in [1.82, 2.24) is 10.2 Å². The molecule has 2 aromatic carbocycles. The molecule has 1 saturated heterocycles. The zero-order valence-corrected chi connectivity index (χ0v) is 19.8. The molecule has 7 heteroatoms. The Balaban J connectivity index is 1.47. The van der Waals surface area contributed by atoms with Gasteiger partial charge in [0.15, 0.2) is 0 Å². The van der Waals surface area contributed by atoms with E-state index in [4.69, 9.17) is 4.74 Å². The largest absolute Gasteiger partial charge is 0.379 e. The van der Waals surface area contributed by atoms with Crippen molar-refractivity contribution in [3.8, 4) is 0 Å². The van der Waals surface area contributed by atoms with Crippen LogP contribution in [0.5, 0.6) is 0 Å². The quantitative estimate of drug-likeness (QED) is 0.686. The summed E-state index contributed by atoms with van der Waals surface area (Å²) >= 11 is 0. The highest BCUT2D eigenvalue weighted by atomic mass is 16.5. The van der Waals surface area contributed by atoms with Crippen LogP contribution in [0.25, 0.3) is 0 Å². The molecule has 0 saturated carbocycles. The summed E-state index contributed by atoms with van der Waals surface area (Å²) in [6, 6.07) is 12.3. The number of carbonyl (C=O) groups is 2. The number of nitrogens with zero attached hydrogens (tertiary/aromatic N) is 2. The van der Waals surface area contributed by atoms with Gasteiger partial charge in [-0.3, -0.25) is 14.5 Å². The molecule has 2 heterocycles. The molecule has 33 heavy (non-hydrogen) atoms. The van der Waals surface area contributed by atoms with Crippen LogP contribution in [0.3, 0.4) is 0 Å². The van der Waals surface area contributed by atoms with Crippen molar-refractivity contribution in [3.05, 3.63) is 58.7 Å². The number of ether oxygens (including phenoxy) is 1. The van der Waals surface area contributed by atoms with Gasteiger partial charge in [-0.05, 0) is 61.1 Å². The summed E-state index contributed by atoms with van der Waals surface area (Å²) in [6.45, 7) is 8.30. The fourth-order valence-corrected chi connectivity index (χ4v) is 4.69. The number of hydrogen-bond acceptors (Lipinski definition) is 5. The first-order chi connectivity index (χ1) is 15.9. The number of amides is 2. The number of rotatable bonds is 5. The number of nitrogens with one attached hydrogen (secondary N) is 2. The van der Waals surface area contributed by atoms with E-state index in [0.717, 1.165) is 43.6 Å². The second kappa shape index (κ2) is 10.4. The van der Waals surface area contributed by atoms with Crippen molar-refractivity contribution in [2.24, 2.45) is 0 Å². The summed E-state index contributed by atoms with van der Waals surface area (Å²) in [6.07, 6.45) is 2.21. The van der Waals surface area contributed by atoms with Crippen LogP contribution in [0.2, 0.25) is 0 Å². The smallest absolute Gasteiger partial charge is 0.313 e. The zero-order chi connectivity index (χ0) is 23.4. The van der Waals surface area contributed by atoms with E-state index in [0.29, 0.717) is 25.4 Å². The normalized spacial score (nSPS) is 17.2. The molecule has 0 radical (unpaired) electrons. The Kier molecular flexibility index (Phi) is 7.30. The van der Waals surface area contributed by atoms with E-state index in [-0.39, 0.29) is 6.04 Å². The molecule has 0 aromatic heterocycles. The third-order valence-corrected chi connectivity index (χ3v) is 6.84. The molecule has 7 nitrogen and oxygen atoms in total. The summed E-state index contributed by atoms with van der Waals surface area (Å²) in [7, 11) is 2.13. The number of aryl methyl sites for hydroxylation is 2. The molecule has 2 amide bonds. The molecular formula is C26H34N4O3. The van der Waals surface area contributed by atoms with Crippen molar-refractivity contribution >= 4 is 23.2 Å². The van der Waals surface area contributed by atoms with Gasteiger partial charge in [-0.1, -0.05) is 24.3 Å². The van der Waals surface area contributed by atoms with E-state index >= 15 is 0 Å². The summed E-state index contributed by atoms with van der Waals surface area (Å²) in [5, 5.41) is 5.63. The molecule has 2 aromatic rings. The van der Waals surface area contributed by atoms with E-state index in [1.165, 1.54) is 16.8 Å². The lowest BCUT2D eigenvalue weighted by atomic mass is 9.95. The van der Waals surface area contributed by atoms with Crippen LogP contribution in [0.1, 0.15) is 34.7 Å². The first-order valence-electron chi connectivity index (χ1n) is 11.7. The Bertz CT molecular complexity index is 1020. The predicted octanol–water partition coefficient (Wildman–Crippen LogP) is 2.81. The molecule has 1 fully saturated rings. The average molecular weight is 451 g/mol. The molecule has 4 rings (SSSR count). The molecule has 0 aliphatic carbocycles. The minimum absolute atomic E-state index is 0.0103. The van der Waals surface area contributed by atoms with Crippen molar-refractivity contribution in [2.45, 2.75) is 32.7 Å². The second-order valence-electron chi connectivity index (χ2n) is 8.99. The van der Waals surface area contributed by atoms with Crippen LogP contribution in [0.4, 0.5) is 11.4 Å². The number of hydrogen-bond donors (Lipinski definition) is 2. The summed E-state index contributed by atoms with van der Waals surface area (Å²) in [5.74, 6) is -1.26. The van der Waals surface area contributed by atoms with Crippen molar-refractivity contribution in [2.75, 3.05) is 56.7 Å². The Morgan fingerprint density at radius 3 is 2.64 bits per heavy atom. The van der Waals surface area contributed by atoms with Gasteiger partial charge in [0.1, 0.15) is 0 Å². The Morgan fingerprint density at radius 1 is 1.06 bits per heavy atom. The minimum atomic E-state index is -0.642. The summed E-state index contributed by atoms with van der Waals surface area (Å²) in [5.41, 5.74) is 6.49. The Labute approximate surface area is 196 Å². The lowest BCUT2D eigenvalue weighted by Crippen LogP contribution is -2.45. The molecule has 0 bridgehead atoms. The second-order valence-corrected chi connectivity index (χ2v) is 8.99. The number of carbonyl (C=O) groups excluding carboxylic acids is 2. The zero-order valence-electron chi connectivity index (χ0n) is 19.8. The van der Waals surface area contributed by atoms with Gasteiger partial charge in [0.05, 0.1) is 19.3 Å². The van der Waals surface area contributed by atoms with Crippen LogP contribution in [-0.2, 0) is 20.7 Å². The van der Waals surface area contributed by atoms with Gasteiger partial charge in [-0.2, -0.15) is 0 Å². The van der Waals surface area contributed by atoms with Gasteiger partial charge >= 0.3 is 11.8 Å². The highest BCUT2D eigenvalue weighted by Gasteiger charge is 2.26. The maximum atomic E-state index is 12.7. The monoisotopic (exact) mass is 450 g/mol. The molecule has 0 unspecified atom stereocenters. The van der Waals surface area contributed by atoms with Gasteiger partial charge in [-0.15, -0.1) is 0 Å². The fraction of sp³-hybridized carbons (Fsp3) is 0.462. The van der Waals surface area contributed by atoms with Gasteiger partial charge in [0, 0.05) is 44.6 Å². The van der Waals surface area contributed by atoms with E-state index in [9.17, 15) is 9.59 Å². The van der Waals surface area contributed by atoms with Crippen LogP contribution in [0, 0.1) is 13.8 Å². The van der Waals surface area contributed by atoms with Crippen LogP contribution < -0.4 is 15.5 Å². The van der Waals surface area contributed by atoms with Gasteiger partial charge < -0.3 is 20.3 Å². The van der Waals surface area contributed by atoms with E-state index < -0.39 is 11.8 Å². The molecule has 176 valence electrons. The highest BCUT2D eigenvalue weighted by molar-refractivity contribution is 6.39. The number of morpholine rings is 1. The van der Waals surface area contributed by atoms with Crippen molar-refractivity contribution in [3.63, 3.8) is 0 Å². The van der Waals surface area contributed by atoms with Crippen LogP contribution >= 0.6 is 0 Å². The van der Waals surface area contributed by atoms with E-state index in [1.54, 1.807) is 0 Å².